The molecule has 20 heavy (non-hydrogen) atoms. The molecular weight excluding hydrogens is 258 g/mol. The second kappa shape index (κ2) is 6.04. The lowest BCUT2D eigenvalue weighted by molar-refractivity contribution is 0.0924. The van der Waals surface area contributed by atoms with Crippen LogP contribution in [0.15, 0.2) is 28.7 Å². The van der Waals surface area contributed by atoms with Gasteiger partial charge in [-0.15, -0.1) is 0 Å². The number of nitrogen functional groups attached to an aromatic ring is 1. The number of amides is 1. The summed E-state index contributed by atoms with van der Waals surface area (Å²) in [5, 5.41) is 10.1. The van der Waals surface area contributed by atoms with E-state index < -0.39 is 5.91 Å². The molecule has 1 aromatic carbocycles. The van der Waals surface area contributed by atoms with Crippen molar-refractivity contribution in [2.75, 3.05) is 13.7 Å². The highest BCUT2D eigenvalue weighted by atomic mass is 16.3. The molecule has 1 atom stereocenters. The number of benzene rings is 1. The first-order chi connectivity index (χ1) is 9.58. The third-order valence-corrected chi connectivity index (χ3v) is 3.46. The van der Waals surface area contributed by atoms with Crippen molar-refractivity contribution in [2.24, 2.45) is 5.84 Å². The molecule has 1 aromatic heterocycles. The van der Waals surface area contributed by atoms with Crippen LogP contribution in [0.3, 0.4) is 0 Å². The highest BCUT2D eigenvalue weighted by Gasteiger charge is 2.21. The Morgan fingerprint density at radius 2 is 2.20 bits per heavy atom. The van der Waals surface area contributed by atoms with Crippen molar-refractivity contribution >= 4 is 16.9 Å². The first kappa shape index (κ1) is 14.5. The number of likely N-dealkylation sites (N-methyl/N-ethyl adjacent to an activating group) is 1. The average molecular weight is 277 g/mol. The molecule has 0 aliphatic heterocycles. The highest BCUT2D eigenvalue weighted by molar-refractivity contribution is 5.98. The number of aliphatic hydroxyl groups is 1. The summed E-state index contributed by atoms with van der Waals surface area (Å²) in [6.45, 7) is 2.44. The van der Waals surface area contributed by atoms with Gasteiger partial charge in [-0.1, -0.05) is 18.2 Å². The number of hydrazine groups is 1. The molecule has 1 amide bonds. The maximum absolute atomic E-state index is 11.8. The Labute approximate surface area is 117 Å². The maximum Gasteiger partial charge on any atom is 0.301 e. The van der Waals surface area contributed by atoms with Gasteiger partial charge in [-0.2, -0.15) is 0 Å². The molecule has 0 fully saturated rings. The van der Waals surface area contributed by atoms with E-state index in [1.165, 1.54) is 0 Å². The molecule has 2 rings (SSSR count). The van der Waals surface area contributed by atoms with Crippen LogP contribution in [0, 0.1) is 0 Å². The van der Waals surface area contributed by atoms with Crippen LogP contribution in [0.25, 0.3) is 11.0 Å². The van der Waals surface area contributed by atoms with E-state index >= 15 is 0 Å². The lowest BCUT2D eigenvalue weighted by atomic mass is 10.1. The molecule has 0 saturated heterocycles. The summed E-state index contributed by atoms with van der Waals surface area (Å²) in [6, 6.07) is 7.43. The number of nitrogens with one attached hydrogen (secondary N) is 1. The number of aliphatic hydroxyl groups excluding tert-OH is 1. The van der Waals surface area contributed by atoms with Gasteiger partial charge >= 0.3 is 5.91 Å². The van der Waals surface area contributed by atoms with E-state index in [2.05, 4.69) is 5.43 Å². The third-order valence-electron chi connectivity index (χ3n) is 3.46. The average Bonchev–Trinajstić information content (AvgIpc) is 2.84. The van der Waals surface area contributed by atoms with Gasteiger partial charge in [0.1, 0.15) is 5.58 Å². The SMILES string of the molecule is CC(CO)N(C)Cc1c(C(=O)NN)oc2ccccc12. The summed E-state index contributed by atoms with van der Waals surface area (Å²) in [4.78, 5) is 13.8. The number of hydrogen-bond donors (Lipinski definition) is 3. The molecule has 6 heteroatoms. The summed E-state index contributed by atoms with van der Waals surface area (Å²) in [5.41, 5.74) is 3.51. The smallest absolute Gasteiger partial charge is 0.301 e. The van der Waals surface area contributed by atoms with Gasteiger partial charge in [-0.25, -0.2) is 5.84 Å². The van der Waals surface area contributed by atoms with Crippen LogP contribution in [-0.4, -0.2) is 35.6 Å². The number of hydrogen-bond acceptors (Lipinski definition) is 5. The van der Waals surface area contributed by atoms with Gasteiger partial charge in [0, 0.05) is 23.5 Å². The number of para-hydroxylation sites is 1. The van der Waals surface area contributed by atoms with Gasteiger partial charge in [0.05, 0.1) is 6.61 Å². The lowest BCUT2D eigenvalue weighted by Gasteiger charge is -2.22. The van der Waals surface area contributed by atoms with Gasteiger partial charge in [-0.05, 0) is 20.0 Å². The van der Waals surface area contributed by atoms with E-state index in [1.54, 1.807) is 0 Å². The summed E-state index contributed by atoms with van der Waals surface area (Å²) >= 11 is 0. The minimum absolute atomic E-state index is 0.0163. The fourth-order valence-electron chi connectivity index (χ4n) is 2.05. The van der Waals surface area contributed by atoms with Crippen molar-refractivity contribution in [1.82, 2.24) is 10.3 Å². The number of carbonyl (C=O) groups excluding carboxylic acids is 1. The van der Waals surface area contributed by atoms with Crippen molar-refractivity contribution in [2.45, 2.75) is 19.5 Å². The van der Waals surface area contributed by atoms with E-state index in [9.17, 15) is 9.90 Å². The first-order valence-electron chi connectivity index (χ1n) is 6.41. The second-order valence-electron chi connectivity index (χ2n) is 4.83. The Kier molecular flexibility index (Phi) is 4.39. The summed E-state index contributed by atoms with van der Waals surface area (Å²) in [5.74, 6) is 4.95. The number of rotatable bonds is 5. The zero-order valence-corrected chi connectivity index (χ0v) is 11.6. The fraction of sp³-hybridized carbons (Fsp3) is 0.357. The van der Waals surface area contributed by atoms with Crippen LogP contribution < -0.4 is 11.3 Å². The monoisotopic (exact) mass is 277 g/mol. The number of furan rings is 1. The van der Waals surface area contributed by atoms with Crippen LogP contribution in [-0.2, 0) is 6.54 Å². The molecule has 6 nitrogen and oxygen atoms in total. The largest absolute Gasteiger partial charge is 0.451 e. The highest BCUT2D eigenvalue weighted by Crippen LogP contribution is 2.27. The predicted molar refractivity (Wildman–Crippen MR) is 75.9 cm³/mol. The zero-order chi connectivity index (χ0) is 14.7. The number of fused-ring (bicyclic) bond motifs is 1. The molecule has 108 valence electrons. The van der Waals surface area contributed by atoms with E-state index in [-0.39, 0.29) is 18.4 Å². The number of nitrogens with zero attached hydrogens (tertiary/aromatic N) is 1. The summed E-state index contributed by atoms with van der Waals surface area (Å²) in [6.07, 6.45) is 0. The zero-order valence-electron chi connectivity index (χ0n) is 11.6. The second-order valence-corrected chi connectivity index (χ2v) is 4.83. The number of nitrogens with two attached hydrogens (primary N) is 1. The molecule has 1 unspecified atom stereocenters. The van der Waals surface area contributed by atoms with Gasteiger partial charge < -0.3 is 9.52 Å². The molecule has 0 aliphatic rings. The molecule has 0 spiro atoms. The van der Waals surface area contributed by atoms with Crippen molar-refractivity contribution in [3.05, 3.63) is 35.6 Å². The standard InChI is InChI=1S/C14H19N3O3/c1-9(8-18)17(2)7-11-10-5-3-4-6-12(10)20-13(11)14(19)16-15/h3-6,9,18H,7-8,15H2,1-2H3,(H,16,19). The van der Waals surface area contributed by atoms with Crippen LogP contribution in [0.4, 0.5) is 0 Å². The molecule has 2 aromatic rings. The Bertz CT molecular complexity index is 609. The van der Waals surface area contributed by atoms with Crippen LogP contribution in [0.5, 0.6) is 0 Å². The van der Waals surface area contributed by atoms with Crippen molar-refractivity contribution in [1.29, 1.82) is 0 Å². The molecule has 0 aliphatic carbocycles. The summed E-state index contributed by atoms with van der Waals surface area (Å²) < 4.78 is 5.58. The van der Waals surface area contributed by atoms with Gasteiger partial charge in [0.25, 0.3) is 0 Å². The Hall–Kier alpha value is -1.89. The van der Waals surface area contributed by atoms with E-state index in [4.69, 9.17) is 10.3 Å². The summed E-state index contributed by atoms with van der Waals surface area (Å²) in [7, 11) is 1.88. The minimum atomic E-state index is -0.457. The molecule has 4 N–H and O–H groups in total. The Balaban J connectivity index is 2.45. The molecule has 0 saturated carbocycles. The van der Waals surface area contributed by atoms with Gasteiger partial charge in [-0.3, -0.25) is 15.1 Å². The number of carbonyl (C=O) groups is 1. The topological polar surface area (TPSA) is 91.7 Å². The minimum Gasteiger partial charge on any atom is -0.451 e. The maximum atomic E-state index is 11.8. The molecule has 0 bridgehead atoms. The normalized spacial score (nSPS) is 12.8. The predicted octanol–water partition coefficient (Wildman–Crippen LogP) is 0.849. The van der Waals surface area contributed by atoms with Gasteiger partial charge in [0.2, 0.25) is 0 Å². The molecule has 0 radical (unpaired) electrons. The van der Waals surface area contributed by atoms with Crippen LogP contribution >= 0.6 is 0 Å². The van der Waals surface area contributed by atoms with E-state index in [0.29, 0.717) is 12.1 Å². The third kappa shape index (κ3) is 2.67. The lowest BCUT2D eigenvalue weighted by Crippen LogP contribution is -2.33. The van der Waals surface area contributed by atoms with Crippen molar-refractivity contribution in [3.8, 4) is 0 Å². The molecule has 1 heterocycles. The van der Waals surface area contributed by atoms with E-state index in [1.807, 2.05) is 43.1 Å². The van der Waals surface area contributed by atoms with Crippen molar-refractivity contribution in [3.63, 3.8) is 0 Å². The Morgan fingerprint density at radius 3 is 2.85 bits per heavy atom. The van der Waals surface area contributed by atoms with E-state index in [0.717, 1.165) is 10.9 Å². The first-order valence-corrected chi connectivity index (χ1v) is 6.41. The van der Waals surface area contributed by atoms with Gasteiger partial charge in [0.15, 0.2) is 5.76 Å². The molecular formula is C14H19N3O3. The van der Waals surface area contributed by atoms with Crippen LogP contribution in [0.1, 0.15) is 23.0 Å². The fourth-order valence-corrected chi connectivity index (χ4v) is 2.05. The van der Waals surface area contributed by atoms with Crippen molar-refractivity contribution < 1.29 is 14.3 Å². The quantitative estimate of drug-likeness (QED) is 0.428. The van der Waals surface area contributed by atoms with Crippen LogP contribution in [0.2, 0.25) is 0 Å². The Morgan fingerprint density at radius 1 is 1.50 bits per heavy atom.